The smallest absolute Gasteiger partial charge is 0.296 e. The highest BCUT2D eigenvalue weighted by Crippen LogP contribution is 2.44. The van der Waals surface area contributed by atoms with Crippen molar-refractivity contribution >= 4 is 38.0 Å². The highest BCUT2D eigenvalue weighted by molar-refractivity contribution is 7.86. The molecule has 0 bridgehead atoms. The van der Waals surface area contributed by atoms with Crippen LogP contribution in [0.15, 0.2) is 51.5 Å². The summed E-state index contributed by atoms with van der Waals surface area (Å²) < 4.78 is 33.6. The maximum Gasteiger partial charge on any atom is 0.296 e. The summed E-state index contributed by atoms with van der Waals surface area (Å²) in [6, 6.07) is 10.3. The van der Waals surface area contributed by atoms with Gasteiger partial charge in [-0.2, -0.15) is 13.5 Å². The maximum atomic E-state index is 11.9. The van der Waals surface area contributed by atoms with E-state index in [4.69, 9.17) is 0 Å². The van der Waals surface area contributed by atoms with Crippen LogP contribution in [-0.2, 0) is 10.1 Å². The van der Waals surface area contributed by atoms with E-state index in [1.165, 1.54) is 6.07 Å². The van der Waals surface area contributed by atoms with Crippen LogP contribution in [0.1, 0.15) is 16.7 Å². The van der Waals surface area contributed by atoms with E-state index in [2.05, 4.69) is 15.5 Å². The number of phenols is 1. The summed E-state index contributed by atoms with van der Waals surface area (Å²) in [4.78, 5) is -0.501. The largest absolute Gasteiger partial charge is 0.505 e. The normalized spacial score (nSPS) is 12.0. The quantitative estimate of drug-likeness (QED) is 0.414. The number of hydrogen-bond donors (Lipinski definition) is 3. The van der Waals surface area contributed by atoms with Crippen LogP contribution in [0.2, 0.25) is 0 Å². The molecule has 3 rings (SSSR count). The molecule has 0 unspecified atom stereocenters. The number of nitrogens with one attached hydrogen (secondary N) is 1. The number of nitrogens with zero attached hydrogens (tertiary/aromatic N) is 2. The van der Waals surface area contributed by atoms with Crippen molar-refractivity contribution in [2.45, 2.75) is 25.7 Å². The predicted molar refractivity (Wildman–Crippen MR) is 110 cm³/mol. The van der Waals surface area contributed by atoms with Gasteiger partial charge in [0.1, 0.15) is 10.6 Å². The molecule has 28 heavy (non-hydrogen) atoms. The van der Waals surface area contributed by atoms with Gasteiger partial charge in [-0.05, 0) is 55.5 Å². The predicted octanol–water partition coefficient (Wildman–Crippen LogP) is 5.17. The third kappa shape index (κ3) is 3.69. The highest BCUT2D eigenvalue weighted by Gasteiger charge is 2.23. The van der Waals surface area contributed by atoms with Crippen LogP contribution in [-0.4, -0.2) is 25.1 Å². The van der Waals surface area contributed by atoms with Gasteiger partial charge in [-0.3, -0.25) is 4.55 Å². The lowest BCUT2D eigenvalue weighted by Gasteiger charge is -2.13. The van der Waals surface area contributed by atoms with Crippen LogP contribution in [0.3, 0.4) is 0 Å². The van der Waals surface area contributed by atoms with Crippen LogP contribution in [0, 0.1) is 20.8 Å². The summed E-state index contributed by atoms with van der Waals surface area (Å²) in [5, 5.41) is 22.7. The van der Waals surface area contributed by atoms with E-state index in [9.17, 15) is 18.1 Å². The Kier molecular flexibility index (Phi) is 5.10. The molecular formula is C20H21N3O4S. The number of phenolic OH excluding ortho intramolecular Hbond substituents is 1. The fraction of sp³-hybridized carbons (Fsp3) is 0.200. The molecule has 0 aromatic heterocycles. The van der Waals surface area contributed by atoms with E-state index in [1.54, 1.807) is 19.2 Å². The van der Waals surface area contributed by atoms with Crippen LogP contribution < -0.4 is 5.32 Å². The van der Waals surface area contributed by atoms with Crippen molar-refractivity contribution in [3.05, 3.63) is 53.1 Å². The number of hydrogen-bond acceptors (Lipinski definition) is 6. The van der Waals surface area contributed by atoms with Crippen molar-refractivity contribution in [1.82, 2.24) is 0 Å². The molecule has 7 nitrogen and oxygen atoms in total. The Morgan fingerprint density at radius 1 is 0.964 bits per heavy atom. The number of benzene rings is 3. The molecule has 0 aliphatic heterocycles. The fourth-order valence-electron chi connectivity index (χ4n) is 3.15. The molecule has 3 N–H and O–H groups in total. The van der Waals surface area contributed by atoms with Crippen molar-refractivity contribution in [2.24, 2.45) is 10.2 Å². The first-order chi connectivity index (χ1) is 13.1. The summed E-state index contributed by atoms with van der Waals surface area (Å²) in [7, 11) is -2.94. The molecule has 0 saturated carbocycles. The van der Waals surface area contributed by atoms with E-state index in [1.807, 2.05) is 39.0 Å². The minimum absolute atomic E-state index is 0.310. The Balaban J connectivity index is 2.32. The molecule has 0 aliphatic rings. The second-order valence-electron chi connectivity index (χ2n) is 6.70. The van der Waals surface area contributed by atoms with Crippen molar-refractivity contribution in [3.8, 4) is 5.75 Å². The first-order valence-electron chi connectivity index (χ1n) is 8.56. The van der Waals surface area contributed by atoms with Gasteiger partial charge < -0.3 is 10.4 Å². The average Bonchev–Trinajstić information content (AvgIpc) is 2.60. The van der Waals surface area contributed by atoms with E-state index < -0.39 is 15.0 Å². The standard InChI is InChI=1S/C20H21N3O4S/c1-11-5-6-15(13(3)7-11)22-23-19-17(28(25,26)27)10-14-8-12(2)9-16(21-4)18(14)20(19)24/h5-10,21,24H,1-4H3,(H,25,26,27). The SMILES string of the molecule is CNc1cc(C)cc2cc(S(=O)(=O)O)c(N=Nc3ccc(C)cc3C)c(O)c12. The molecule has 0 amide bonds. The first-order valence-corrected chi connectivity index (χ1v) is 10.0. The summed E-state index contributed by atoms with van der Waals surface area (Å²) in [5.41, 5.74) is 3.60. The van der Waals surface area contributed by atoms with E-state index in [-0.39, 0.29) is 11.4 Å². The van der Waals surface area contributed by atoms with Crippen LogP contribution >= 0.6 is 0 Å². The molecule has 0 saturated heterocycles. The zero-order valence-electron chi connectivity index (χ0n) is 16.0. The maximum absolute atomic E-state index is 11.9. The van der Waals surface area contributed by atoms with Gasteiger partial charge in [-0.25, -0.2) is 0 Å². The highest BCUT2D eigenvalue weighted by atomic mass is 32.2. The molecule has 0 atom stereocenters. The molecule has 0 heterocycles. The van der Waals surface area contributed by atoms with Gasteiger partial charge in [0, 0.05) is 18.1 Å². The number of rotatable bonds is 4. The van der Waals surface area contributed by atoms with Crippen LogP contribution in [0.5, 0.6) is 5.75 Å². The summed E-state index contributed by atoms with van der Waals surface area (Å²) in [6.45, 7) is 5.65. The third-order valence-electron chi connectivity index (χ3n) is 4.45. The molecule has 3 aromatic rings. The Bertz CT molecular complexity index is 1220. The van der Waals surface area contributed by atoms with Gasteiger partial charge in [-0.1, -0.05) is 23.8 Å². The molecule has 8 heteroatoms. The lowest BCUT2D eigenvalue weighted by atomic mass is 10.0. The van der Waals surface area contributed by atoms with Crippen LogP contribution in [0.25, 0.3) is 10.8 Å². The zero-order valence-corrected chi connectivity index (χ0v) is 16.8. The second kappa shape index (κ2) is 7.21. The summed E-state index contributed by atoms with van der Waals surface area (Å²) in [5.74, 6) is -0.372. The fourth-order valence-corrected chi connectivity index (χ4v) is 3.81. The minimum atomic E-state index is -4.64. The lowest BCUT2D eigenvalue weighted by Crippen LogP contribution is -2.00. The van der Waals surface area contributed by atoms with Crippen molar-refractivity contribution in [2.75, 3.05) is 12.4 Å². The Morgan fingerprint density at radius 3 is 2.29 bits per heavy atom. The van der Waals surface area contributed by atoms with Gasteiger partial charge in [-0.15, -0.1) is 5.11 Å². The second-order valence-corrected chi connectivity index (χ2v) is 8.09. The molecule has 0 aliphatic carbocycles. The topological polar surface area (TPSA) is 111 Å². The third-order valence-corrected chi connectivity index (χ3v) is 5.32. The van der Waals surface area contributed by atoms with Gasteiger partial charge in [0.05, 0.1) is 5.69 Å². The number of fused-ring (bicyclic) bond motifs is 1. The summed E-state index contributed by atoms with van der Waals surface area (Å²) in [6.07, 6.45) is 0. The number of anilines is 1. The van der Waals surface area contributed by atoms with E-state index in [0.717, 1.165) is 16.7 Å². The Labute approximate surface area is 163 Å². The molecule has 0 radical (unpaired) electrons. The molecule has 146 valence electrons. The van der Waals surface area contributed by atoms with Crippen molar-refractivity contribution in [1.29, 1.82) is 0 Å². The molecule has 0 fully saturated rings. The molecule has 3 aromatic carbocycles. The van der Waals surface area contributed by atoms with Gasteiger partial charge >= 0.3 is 0 Å². The van der Waals surface area contributed by atoms with Gasteiger partial charge in [0.2, 0.25) is 0 Å². The first kappa shape index (κ1) is 19.8. The lowest BCUT2D eigenvalue weighted by molar-refractivity contribution is 0.472. The monoisotopic (exact) mass is 399 g/mol. The molecule has 0 spiro atoms. The Morgan fingerprint density at radius 2 is 1.68 bits per heavy atom. The van der Waals surface area contributed by atoms with Crippen LogP contribution in [0.4, 0.5) is 17.1 Å². The van der Waals surface area contributed by atoms with Gasteiger partial charge in [0.15, 0.2) is 5.75 Å². The van der Waals surface area contributed by atoms with Gasteiger partial charge in [0.25, 0.3) is 10.1 Å². The molecular weight excluding hydrogens is 378 g/mol. The zero-order chi connectivity index (χ0) is 20.6. The number of aromatic hydroxyl groups is 1. The van der Waals surface area contributed by atoms with E-state index >= 15 is 0 Å². The van der Waals surface area contributed by atoms with E-state index in [0.29, 0.717) is 22.1 Å². The number of azo groups is 1. The number of aryl methyl sites for hydroxylation is 3. The summed E-state index contributed by atoms with van der Waals surface area (Å²) >= 11 is 0. The minimum Gasteiger partial charge on any atom is -0.505 e. The Hall–Kier alpha value is -2.97. The van der Waals surface area contributed by atoms with Crippen molar-refractivity contribution in [3.63, 3.8) is 0 Å². The average molecular weight is 399 g/mol. The van der Waals surface area contributed by atoms with Crippen molar-refractivity contribution < 1.29 is 18.1 Å².